The largest absolute Gasteiger partial charge is 0.399 e. The van der Waals surface area contributed by atoms with Crippen LogP contribution < -0.4 is 11.1 Å². The lowest BCUT2D eigenvalue weighted by molar-refractivity contribution is 0.103. The molecule has 0 aliphatic rings. The average Bonchev–Trinajstić information content (AvgIpc) is 2.64. The molecular weight excluding hydrogens is 319 g/mol. The molecule has 0 aliphatic heterocycles. The zero-order valence-electron chi connectivity index (χ0n) is 9.46. The van der Waals surface area contributed by atoms with Gasteiger partial charge in [-0.05, 0) is 52.7 Å². The Balaban J connectivity index is 2.23. The van der Waals surface area contributed by atoms with E-state index in [2.05, 4.69) is 21.2 Å². The van der Waals surface area contributed by atoms with E-state index >= 15 is 0 Å². The first-order valence-corrected chi connectivity index (χ1v) is 6.70. The Morgan fingerprint density at radius 1 is 1.44 bits per heavy atom. The quantitative estimate of drug-likeness (QED) is 0.824. The lowest BCUT2D eigenvalue weighted by Gasteiger charge is -2.05. The van der Waals surface area contributed by atoms with Crippen LogP contribution in [0.1, 0.15) is 15.2 Å². The number of aryl methyl sites for hydroxylation is 1. The van der Waals surface area contributed by atoms with Crippen LogP contribution in [0, 0.1) is 12.7 Å². The molecule has 3 N–H and O–H groups in total. The molecule has 1 amide bonds. The Morgan fingerprint density at radius 2 is 2.17 bits per heavy atom. The van der Waals surface area contributed by atoms with Crippen molar-refractivity contribution in [3.05, 3.63) is 44.3 Å². The molecule has 0 unspecified atom stereocenters. The van der Waals surface area contributed by atoms with Crippen molar-refractivity contribution in [3.8, 4) is 0 Å². The SMILES string of the molecule is Cc1cc(C(=O)Nc2cc(N)ccc2F)sc1Br. The minimum atomic E-state index is -0.509. The summed E-state index contributed by atoms with van der Waals surface area (Å²) < 4.78 is 14.3. The smallest absolute Gasteiger partial charge is 0.265 e. The van der Waals surface area contributed by atoms with Crippen LogP contribution in [-0.4, -0.2) is 5.91 Å². The number of carbonyl (C=O) groups excluding carboxylic acids is 1. The minimum Gasteiger partial charge on any atom is -0.399 e. The highest BCUT2D eigenvalue weighted by Gasteiger charge is 2.13. The molecule has 94 valence electrons. The van der Waals surface area contributed by atoms with Gasteiger partial charge in [0.2, 0.25) is 0 Å². The zero-order valence-corrected chi connectivity index (χ0v) is 11.9. The van der Waals surface area contributed by atoms with Gasteiger partial charge in [0.15, 0.2) is 0 Å². The van der Waals surface area contributed by atoms with Gasteiger partial charge in [-0.25, -0.2) is 4.39 Å². The van der Waals surface area contributed by atoms with Gasteiger partial charge in [0, 0.05) is 5.69 Å². The van der Waals surface area contributed by atoms with Gasteiger partial charge in [-0.15, -0.1) is 11.3 Å². The van der Waals surface area contributed by atoms with Crippen LogP contribution in [0.15, 0.2) is 28.1 Å². The van der Waals surface area contributed by atoms with Gasteiger partial charge >= 0.3 is 0 Å². The summed E-state index contributed by atoms with van der Waals surface area (Å²) in [6.45, 7) is 1.89. The molecule has 0 bridgehead atoms. The number of halogens is 2. The van der Waals surface area contributed by atoms with E-state index in [1.165, 1.54) is 29.5 Å². The van der Waals surface area contributed by atoms with Crippen molar-refractivity contribution in [1.29, 1.82) is 0 Å². The van der Waals surface area contributed by atoms with Crippen molar-refractivity contribution >= 4 is 44.5 Å². The summed E-state index contributed by atoms with van der Waals surface area (Å²) in [6, 6.07) is 5.80. The van der Waals surface area contributed by atoms with E-state index in [9.17, 15) is 9.18 Å². The first-order valence-electron chi connectivity index (χ1n) is 5.09. The van der Waals surface area contributed by atoms with Crippen molar-refractivity contribution in [2.24, 2.45) is 0 Å². The molecule has 1 aromatic heterocycles. The lowest BCUT2D eigenvalue weighted by atomic mass is 10.2. The van der Waals surface area contributed by atoms with Crippen LogP contribution in [0.4, 0.5) is 15.8 Å². The normalized spacial score (nSPS) is 10.4. The summed E-state index contributed by atoms with van der Waals surface area (Å²) in [4.78, 5) is 12.4. The molecule has 1 heterocycles. The molecule has 0 atom stereocenters. The number of hydrogen-bond acceptors (Lipinski definition) is 3. The molecule has 1 aromatic carbocycles. The third kappa shape index (κ3) is 2.70. The summed E-state index contributed by atoms with van der Waals surface area (Å²) >= 11 is 4.64. The molecule has 6 heteroatoms. The first-order chi connectivity index (χ1) is 8.47. The van der Waals surface area contributed by atoms with Crippen molar-refractivity contribution in [3.63, 3.8) is 0 Å². The molecule has 0 saturated heterocycles. The summed E-state index contributed by atoms with van der Waals surface area (Å²) in [5.41, 5.74) is 7.00. The van der Waals surface area contributed by atoms with Gasteiger partial charge < -0.3 is 11.1 Å². The van der Waals surface area contributed by atoms with Gasteiger partial charge in [-0.1, -0.05) is 0 Å². The van der Waals surface area contributed by atoms with E-state index in [0.717, 1.165) is 9.35 Å². The minimum absolute atomic E-state index is 0.0853. The number of amides is 1. The van der Waals surface area contributed by atoms with Crippen molar-refractivity contribution < 1.29 is 9.18 Å². The summed E-state index contributed by atoms with van der Waals surface area (Å²) in [5, 5.41) is 2.50. The van der Waals surface area contributed by atoms with Crippen molar-refractivity contribution in [2.75, 3.05) is 11.1 Å². The van der Waals surface area contributed by atoms with Gasteiger partial charge in [-0.2, -0.15) is 0 Å². The lowest BCUT2D eigenvalue weighted by Crippen LogP contribution is -2.11. The predicted molar refractivity (Wildman–Crippen MR) is 75.5 cm³/mol. The first kappa shape index (κ1) is 13.0. The molecule has 0 aliphatic carbocycles. The van der Waals surface area contributed by atoms with E-state index in [1.807, 2.05) is 6.92 Å². The standard InChI is InChI=1S/C12H10BrFN2OS/c1-6-4-10(18-11(6)13)12(17)16-9-5-7(15)2-3-8(9)14/h2-5H,15H2,1H3,(H,16,17). The van der Waals surface area contributed by atoms with Gasteiger partial charge in [0.1, 0.15) is 5.82 Å². The van der Waals surface area contributed by atoms with Crippen molar-refractivity contribution in [2.45, 2.75) is 6.92 Å². The molecule has 0 spiro atoms. The van der Waals surface area contributed by atoms with Gasteiger partial charge in [-0.3, -0.25) is 4.79 Å². The number of nitrogen functional groups attached to an aromatic ring is 1. The Morgan fingerprint density at radius 3 is 2.78 bits per heavy atom. The second-order valence-corrected chi connectivity index (χ2v) is 6.13. The zero-order chi connectivity index (χ0) is 13.3. The maximum atomic E-state index is 13.5. The number of hydrogen-bond donors (Lipinski definition) is 2. The molecule has 0 fully saturated rings. The molecular formula is C12H10BrFN2OS. The maximum Gasteiger partial charge on any atom is 0.265 e. The van der Waals surface area contributed by atoms with E-state index in [-0.39, 0.29) is 11.6 Å². The molecule has 0 saturated carbocycles. The fourth-order valence-electron chi connectivity index (χ4n) is 1.39. The Hall–Kier alpha value is -1.40. The van der Waals surface area contributed by atoms with Gasteiger partial charge in [0.05, 0.1) is 14.4 Å². The number of benzene rings is 1. The highest BCUT2D eigenvalue weighted by Crippen LogP contribution is 2.28. The van der Waals surface area contributed by atoms with Gasteiger partial charge in [0.25, 0.3) is 5.91 Å². The van der Waals surface area contributed by atoms with Crippen LogP contribution in [0.5, 0.6) is 0 Å². The monoisotopic (exact) mass is 328 g/mol. The third-order valence-corrected chi connectivity index (χ3v) is 4.45. The topological polar surface area (TPSA) is 55.1 Å². The third-order valence-electron chi connectivity index (χ3n) is 2.32. The number of nitrogens with two attached hydrogens (primary N) is 1. The van der Waals surface area contributed by atoms with Crippen LogP contribution in [0.25, 0.3) is 0 Å². The predicted octanol–water partition coefficient (Wildman–Crippen LogP) is 3.79. The number of thiophene rings is 1. The fraction of sp³-hybridized carbons (Fsp3) is 0.0833. The number of carbonyl (C=O) groups is 1. The molecule has 18 heavy (non-hydrogen) atoms. The maximum absolute atomic E-state index is 13.5. The fourth-order valence-corrected chi connectivity index (χ4v) is 2.82. The van der Waals surface area contributed by atoms with Crippen LogP contribution in [0.3, 0.4) is 0 Å². The number of anilines is 2. The van der Waals surface area contributed by atoms with Crippen LogP contribution in [0.2, 0.25) is 0 Å². The second kappa shape index (κ2) is 5.07. The second-order valence-electron chi connectivity index (χ2n) is 3.76. The molecule has 2 aromatic rings. The van der Waals surface area contributed by atoms with E-state index < -0.39 is 5.82 Å². The van der Waals surface area contributed by atoms with Crippen molar-refractivity contribution in [1.82, 2.24) is 0 Å². The number of nitrogens with one attached hydrogen (secondary N) is 1. The molecule has 2 rings (SSSR count). The summed E-state index contributed by atoms with van der Waals surface area (Å²) in [5.74, 6) is -0.858. The van der Waals surface area contributed by atoms with Crippen LogP contribution in [-0.2, 0) is 0 Å². The average molecular weight is 329 g/mol. The Labute approximate surface area is 116 Å². The summed E-state index contributed by atoms with van der Waals surface area (Å²) in [7, 11) is 0. The van der Waals surface area contributed by atoms with E-state index in [1.54, 1.807) is 6.07 Å². The highest BCUT2D eigenvalue weighted by atomic mass is 79.9. The highest BCUT2D eigenvalue weighted by molar-refractivity contribution is 9.11. The van der Waals surface area contributed by atoms with E-state index in [4.69, 9.17) is 5.73 Å². The van der Waals surface area contributed by atoms with E-state index in [0.29, 0.717) is 10.6 Å². The molecule has 3 nitrogen and oxygen atoms in total. The van der Waals surface area contributed by atoms with Crippen LogP contribution >= 0.6 is 27.3 Å². The Kier molecular flexibility index (Phi) is 3.68. The molecule has 0 radical (unpaired) electrons. The Bertz CT molecular complexity index is 593. The number of rotatable bonds is 2. The summed E-state index contributed by atoms with van der Waals surface area (Å²) in [6.07, 6.45) is 0.